The van der Waals surface area contributed by atoms with Crippen LogP contribution >= 0.6 is 0 Å². The number of fused-ring (bicyclic) bond motifs is 1. The Balaban J connectivity index is 1.74. The van der Waals surface area contributed by atoms with Gasteiger partial charge in [-0.05, 0) is 36.9 Å². The number of nitrogens with one attached hydrogen (secondary N) is 2. The number of benzene rings is 3. The van der Waals surface area contributed by atoms with E-state index in [2.05, 4.69) is 15.5 Å². The minimum absolute atomic E-state index is 0.123. The maximum atomic E-state index is 12.4. The Morgan fingerprint density at radius 1 is 1.03 bits per heavy atom. The molecule has 1 heterocycles. The SMILES string of the molecule is Cc1ccc(-n2c(O)c(/C=N/Nc3cccc4ccccc34)c(=O)[nH]c2=O)c(C)c1. The molecule has 0 saturated heterocycles. The van der Waals surface area contributed by atoms with Crippen molar-refractivity contribution in [1.82, 2.24) is 9.55 Å². The van der Waals surface area contributed by atoms with Crippen molar-refractivity contribution in [3.63, 3.8) is 0 Å². The highest BCUT2D eigenvalue weighted by atomic mass is 16.3. The molecule has 0 radical (unpaired) electrons. The third-order valence-corrected chi connectivity index (χ3v) is 4.88. The number of hydrogen-bond donors (Lipinski definition) is 3. The van der Waals surface area contributed by atoms with Gasteiger partial charge in [0.15, 0.2) is 0 Å². The molecular formula is C23H20N4O3. The first kappa shape index (κ1) is 19.2. The molecule has 0 unspecified atom stereocenters. The van der Waals surface area contributed by atoms with Crippen LogP contribution in [0.15, 0.2) is 75.4 Å². The lowest BCUT2D eigenvalue weighted by atomic mass is 10.1. The van der Waals surface area contributed by atoms with E-state index in [1.165, 1.54) is 6.21 Å². The number of aryl methyl sites for hydroxylation is 2. The maximum absolute atomic E-state index is 12.4. The summed E-state index contributed by atoms with van der Waals surface area (Å²) in [6.45, 7) is 3.76. The average molecular weight is 400 g/mol. The Morgan fingerprint density at radius 3 is 2.60 bits per heavy atom. The molecule has 4 aromatic rings. The zero-order valence-corrected chi connectivity index (χ0v) is 16.5. The summed E-state index contributed by atoms with van der Waals surface area (Å²) in [5.41, 5.74) is 4.39. The molecule has 7 heteroatoms. The van der Waals surface area contributed by atoms with Gasteiger partial charge in [0.1, 0.15) is 5.56 Å². The fourth-order valence-corrected chi connectivity index (χ4v) is 3.42. The van der Waals surface area contributed by atoms with Crippen LogP contribution in [-0.2, 0) is 0 Å². The second-order valence-corrected chi connectivity index (χ2v) is 7.02. The molecule has 4 rings (SSSR count). The number of rotatable bonds is 4. The molecule has 0 fully saturated rings. The Labute approximate surface area is 172 Å². The van der Waals surface area contributed by atoms with Crippen molar-refractivity contribution in [2.45, 2.75) is 13.8 Å². The molecule has 0 aliphatic carbocycles. The molecule has 150 valence electrons. The largest absolute Gasteiger partial charge is 0.493 e. The number of aromatic nitrogens is 2. The van der Waals surface area contributed by atoms with Crippen molar-refractivity contribution in [2.24, 2.45) is 5.10 Å². The molecule has 7 nitrogen and oxygen atoms in total. The number of hydrazone groups is 1. The summed E-state index contributed by atoms with van der Waals surface area (Å²) in [4.78, 5) is 26.9. The van der Waals surface area contributed by atoms with Crippen LogP contribution < -0.4 is 16.7 Å². The second-order valence-electron chi connectivity index (χ2n) is 7.02. The van der Waals surface area contributed by atoms with Crippen molar-refractivity contribution in [3.05, 3.63) is 98.2 Å². The lowest BCUT2D eigenvalue weighted by Crippen LogP contribution is -2.31. The molecule has 30 heavy (non-hydrogen) atoms. The Kier molecular flexibility index (Phi) is 4.93. The van der Waals surface area contributed by atoms with Gasteiger partial charge in [0.25, 0.3) is 5.56 Å². The summed E-state index contributed by atoms with van der Waals surface area (Å²) < 4.78 is 1.06. The predicted octanol–water partition coefficient (Wildman–Crippen LogP) is 3.45. The van der Waals surface area contributed by atoms with Crippen LogP contribution in [0.2, 0.25) is 0 Å². The van der Waals surface area contributed by atoms with Gasteiger partial charge in [-0.25, -0.2) is 9.36 Å². The van der Waals surface area contributed by atoms with E-state index in [1.54, 1.807) is 6.07 Å². The highest BCUT2D eigenvalue weighted by Gasteiger charge is 2.15. The maximum Gasteiger partial charge on any atom is 0.335 e. The van der Waals surface area contributed by atoms with Crippen molar-refractivity contribution >= 4 is 22.7 Å². The number of aromatic hydroxyl groups is 1. The van der Waals surface area contributed by atoms with E-state index < -0.39 is 17.1 Å². The summed E-state index contributed by atoms with van der Waals surface area (Å²) in [7, 11) is 0. The lowest BCUT2D eigenvalue weighted by Gasteiger charge is -2.12. The van der Waals surface area contributed by atoms with E-state index in [4.69, 9.17) is 0 Å². The highest BCUT2D eigenvalue weighted by Crippen LogP contribution is 2.23. The van der Waals surface area contributed by atoms with Crippen LogP contribution in [0.25, 0.3) is 16.5 Å². The van der Waals surface area contributed by atoms with Gasteiger partial charge < -0.3 is 5.11 Å². The van der Waals surface area contributed by atoms with Gasteiger partial charge in [-0.1, -0.05) is 54.1 Å². The summed E-state index contributed by atoms with van der Waals surface area (Å²) in [6, 6.07) is 19.0. The normalized spacial score (nSPS) is 11.3. The Bertz CT molecular complexity index is 1390. The van der Waals surface area contributed by atoms with E-state index in [9.17, 15) is 14.7 Å². The fraction of sp³-hybridized carbons (Fsp3) is 0.0870. The minimum atomic E-state index is -0.720. The highest BCUT2D eigenvalue weighted by molar-refractivity contribution is 5.94. The van der Waals surface area contributed by atoms with Crippen LogP contribution in [0.1, 0.15) is 16.7 Å². The Morgan fingerprint density at radius 2 is 1.80 bits per heavy atom. The van der Waals surface area contributed by atoms with E-state index in [0.29, 0.717) is 5.69 Å². The average Bonchev–Trinajstić information content (AvgIpc) is 2.72. The van der Waals surface area contributed by atoms with Crippen LogP contribution in [0.5, 0.6) is 5.88 Å². The third kappa shape index (κ3) is 3.48. The fourth-order valence-electron chi connectivity index (χ4n) is 3.42. The zero-order chi connectivity index (χ0) is 21.3. The van der Waals surface area contributed by atoms with Crippen LogP contribution in [0.3, 0.4) is 0 Å². The second kappa shape index (κ2) is 7.71. The van der Waals surface area contributed by atoms with Crippen molar-refractivity contribution in [2.75, 3.05) is 5.43 Å². The molecule has 0 aliphatic rings. The van der Waals surface area contributed by atoms with E-state index >= 15 is 0 Å². The van der Waals surface area contributed by atoms with Gasteiger partial charge in [0.2, 0.25) is 5.88 Å². The first-order valence-electron chi connectivity index (χ1n) is 9.38. The number of nitrogens with zero attached hydrogens (tertiary/aromatic N) is 2. The molecule has 0 aliphatic heterocycles. The molecular weight excluding hydrogens is 380 g/mol. The minimum Gasteiger partial charge on any atom is -0.493 e. The number of hydrogen-bond acceptors (Lipinski definition) is 5. The lowest BCUT2D eigenvalue weighted by molar-refractivity contribution is 0.430. The van der Waals surface area contributed by atoms with Gasteiger partial charge >= 0.3 is 5.69 Å². The van der Waals surface area contributed by atoms with E-state index in [0.717, 1.165) is 32.2 Å². The summed E-state index contributed by atoms with van der Waals surface area (Å²) in [5, 5.41) is 16.8. The van der Waals surface area contributed by atoms with Crippen LogP contribution in [-0.4, -0.2) is 20.9 Å². The molecule has 0 atom stereocenters. The van der Waals surface area contributed by atoms with Crippen molar-refractivity contribution < 1.29 is 5.11 Å². The van der Waals surface area contributed by atoms with Crippen molar-refractivity contribution in [3.8, 4) is 11.6 Å². The standard InChI is InChI=1S/C23H20N4O3/c1-14-10-11-20(15(2)12-14)27-22(29)18(21(28)25-23(27)30)13-24-26-19-9-5-7-16-6-3-4-8-17(16)19/h3-13,26,29H,1-2H3,(H,25,28,30)/b24-13+. The molecule has 3 N–H and O–H groups in total. The van der Waals surface area contributed by atoms with E-state index in [1.807, 2.05) is 68.4 Å². The smallest absolute Gasteiger partial charge is 0.335 e. The van der Waals surface area contributed by atoms with Gasteiger partial charge in [-0.2, -0.15) is 5.10 Å². The van der Waals surface area contributed by atoms with Gasteiger partial charge in [0, 0.05) is 5.39 Å². The molecule has 0 bridgehead atoms. The first-order valence-corrected chi connectivity index (χ1v) is 9.38. The van der Waals surface area contributed by atoms with Gasteiger partial charge in [-0.3, -0.25) is 15.2 Å². The van der Waals surface area contributed by atoms with Gasteiger partial charge in [0.05, 0.1) is 17.6 Å². The zero-order valence-electron chi connectivity index (χ0n) is 16.5. The summed E-state index contributed by atoms with van der Waals surface area (Å²) >= 11 is 0. The van der Waals surface area contributed by atoms with Gasteiger partial charge in [-0.15, -0.1) is 0 Å². The summed E-state index contributed by atoms with van der Waals surface area (Å²) in [5.74, 6) is -0.473. The molecule has 0 spiro atoms. The number of H-pyrrole nitrogens is 1. The third-order valence-electron chi connectivity index (χ3n) is 4.88. The quantitative estimate of drug-likeness (QED) is 0.361. The predicted molar refractivity (Wildman–Crippen MR) is 119 cm³/mol. The Hall–Kier alpha value is -4.13. The summed E-state index contributed by atoms with van der Waals surface area (Å²) in [6.07, 6.45) is 1.20. The van der Waals surface area contributed by atoms with Crippen molar-refractivity contribution in [1.29, 1.82) is 0 Å². The molecule has 0 saturated carbocycles. The van der Waals surface area contributed by atoms with E-state index in [-0.39, 0.29) is 5.56 Å². The monoisotopic (exact) mass is 400 g/mol. The molecule has 3 aromatic carbocycles. The first-order chi connectivity index (χ1) is 14.5. The van der Waals surface area contributed by atoms with Crippen LogP contribution in [0, 0.1) is 13.8 Å². The topological polar surface area (TPSA) is 99.5 Å². The number of aromatic amines is 1. The molecule has 1 aromatic heterocycles. The van der Waals surface area contributed by atoms with Crippen LogP contribution in [0.4, 0.5) is 5.69 Å². The number of anilines is 1. The molecule has 0 amide bonds.